The highest BCUT2D eigenvalue weighted by molar-refractivity contribution is 5.80. The molecule has 0 amide bonds. The van der Waals surface area contributed by atoms with Gasteiger partial charge in [0, 0.05) is 17.3 Å². The molecule has 0 unspecified atom stereocenters. The Balaban J connectivity index is 1.65. The van der Waals surface area contributed by atoms with Gasteiger partial charge in [-0.3, -0.25) is 0 Å². The Morgan fingerprint density at radius 3 is 1.96 bits per heavy atom. The van der Waals surface area contributed by atoms with Gasteiger partial charge in [0.2, 0.25) is 0 Å². The van der Waals surface area contributed by atoms with Crippen LogP contribution in [-0.4, -0.2) is 6.04 Å². The molecule has 0 bridgehead atoms. The van der Waals surface area contributed by atoms with Gasteiger partial charge in [0.05, 0.1) is 0 Å². The highest BCUT2D eigenvalue weighted by Gasteiger charge is 2.20. The summed E-state index contributed by atoms with van der Waals surface area (Å²) in [6.45, 7) is 0. The minimum Gasteiger partial charge on any atom is -0.382 e. The van der Waals surface area contributed by atoms with E-state index in [1.54, 1.807) is 5.56 Å². The SMILES string of the molecule is c1ccc(-c2ccccc2C2CCCCC2)c(NC2CCCCC2)c1. The van der Waals surface area contributed by atoms with Gasteiger partial charge in [0.1, 0.15) is 0 Å². The normalized spacial score (nSPS) is 19.7. The van der Waals surface area contributed by atoms with E-state index in [2.05, 4.69) is 53.8 Å². The number of anilines is 1. The van der Waals surface area contributed by atoms with E-state index >= 15 is 0 Å². The van der Waals surface area contributed by atoms with Crippen molar-refractivity contribution in [3.05, 3.63) is 54.1 Å². The van der Waals surface area contributed by atoms with E-state index in [0.29, 0.717) is 6.04 Å². The molecule has 1 heteroatoms. The number of para-hydroxylation sites is 1. The molecule has 1 nitrogen and oxygen atoms in total. The third-order valence-corrected chi connectivity index (χ3v) is 6.19. The molecule has 0 saturated heterocycles. The van der Waals surface area contributed by atoms with Crippen molar-refractivity contribution in [3.8, 4) is 11.1 Å². The molecule has 2 aromatic rings. The minimum absolute atomic E-state index is 0.650. The second-order valence-corrected chi connectivity index (χ2v) is 7.95. The third kappa shape index (κ3) is 3.92. The molecule has 2 aliphatic carbocycles. The fourth-order valence-electron chi connectivity index (χ4n) is 4.82. The van der Waals surface area contributed by atoms with Crippen LogP contribution < -0.4 is 5.32 Å². The first-order valence-corrected chi connectivity index (χ1v) is 10.4. The molecule has 0 aromatic heterocycles. The summed E-state index contributed by atoms with van der Waals surface area (Å²) in [5.74, 6) is 0.743. The summed E-state index contributed by atoms with van der Waals surface area (Å²) >= 11 is 0. The summed E-state index contributed by atoms with van der Waals surface area (Å²) < 4.78 is 0. The van der Waals surface area contributed by atoms with Gasteiger partial charge >= 0.3 is 0 Å². The van der Waals surface area contributed by atoms with E-state index in [1.165, 1.54) is 81.0 Å². The number of hydrogen-bond acceptors (Lipinski definition) is 1. The summed E-state index contributed by atoms with van der Waals surface area (Å²) in [6.07, 6.45) is 13.7. The Morgan fingerprint density at radius 1 is 0.600 bits per heavy atom. The molecule has 0 radical (unpaired) electrons. The van der Waals surface area contributed by atoms with Crippen LogP contribution >= 0.6 is 0 Å². The van der Waals surface area contributed by atoms with Crippen LogP contribution in [0.5, 0.6) is 0 Å². The van der Waals surface area contributed by atoms with Gasteiger partial charge in [-0.05, 0) is 48.8 Å². The van der Waals surface area contributed by atoms with E-state index in [1.807, 2.05) is 0 Å². The maximum atomic E-state index is 3.88. The van der Waals surface area contributed by atoms with Gasteiger partial charge in [-0.15, -0.1) is 0 Å². The molecule has 0 aliphatic heterocycles. The van der Waals surface area contributed by atoms with Crippen LogP contribution in [0, 0.1) is 0 Å². The lowest BCUT2D eigenvalue weighted by atomic mass is 9.80. The van der Waals surface area contributed by atoms with E-state index in [4.69, 9.17) is 0 Å². The maximum Gasteiger partial charge on any atom is 0.0422 e. The zero-order valence-corrected chi connectivity index (χ0v) is 15.3. The molecule has 25 heavy (non-hydrogen) atoms. The molecule has 0 atom stereocenters. The average Bonchev–Trinajstić information content (AvgIpc) is 2.70. The Hall–Kier alpha value is -1.76. The lowest BCUT2D eigenvalue weighted by Gasteiger charge is -2.27. The van der Waals surface area contributed by atoms with Crippen molar-refractivity contribution in [1.29, 1.82) is 0 Å². The monoisotopic (exact) mass is 333 g/mol. The van der Waals surface area contributed by atoms with Crippen molar-refractivity contribution < 1.29 is 0 Å². The van der Waals surface area contributed by atoms with Gasteiger partial charge in [0.25, 0.3) is 0 Å². The van der Waals surface area contributed by atoms with Gasteiger partial charge in [0.15, 0.2) is 0 Å². The first-order chi connectivity index (χ1) is 12.4. The Labute approximate surface area is 152 Å². The van der Waals surface area contributed by atoms with Crippen molar-refractivity contribution in [2.24, 2.45) is 0 Å². The lowest BCUT2D eigenvalue weighted by Crippen LogP contribution is -2.22. The van der Waals surface area contributed by atoms with Gasteiger partial charge in [-0.25, -0.2) is 0 Å². The molecule has 132 valence electrons. The fraction of sp³-hybridized carbons (Fsp3) is 0.500. The van der Waals surface area contributed by atoms with Crippen molar-refractivity contribution in [2.45, 2.75) is 76.2 Å². The van der Waals surface area contributed by atoms with Crippen LogP contribution in [0.2, 0.25) is 0 Å². The highest BCUT2D eigenvalue weighted by Crippen LogP contribution is 2.40. The van der Waals surface area contributed by atoms with Gasteiger partial charge in [-0.1, -0.05) is 81.0 Å². The first-order valence-electron chi connectivity index (χ1n) is 10.4. The molecule has 4 rings (SSSR count). The Bertz CT molecular complexity index is 678. The van der Waals surface area contributed by atoms with Crippen LogP contribution in [0.1, 0.15) is 75.7 Å². The van der Waals surface area contributed by atoms with Crippen molar-refractivity contribution in [2.75, 3.05) is 5.32 Å². The summed E-state index contributed by atoms with van der Waals surface area (Å²) in [5.41, 5.74) is 5.75. The molecule has 2 saturated carbocycles. The first kappa shape index (κ1) is 16.7. The van der Waals surface area contributed by atoms with Crippen LogP contribution in [-0.2, 0) is 0 Å². The van der Waals surface area contributed by atoms with E-state index < -0.39 is 0 Å². The van der Waals surface area contributed by atoms with Gasteiger partial charge < -0.3 is 5.32 Å². The molecule has 2 fully saturated rings. The van der Waals surface area contributed by atoms with Crippen LogP contribution in [0.3, 0.4) is 0 Å². The largest absolute Gasteiger partial charge is 0.382 e. The van der Waals surface area contributed by atoms with Crippen molar-refractivity contribution in [1.82, 2.24) is 0 Å². The smallest absolute Gasteiger partial charge is 0.0422 e. The third-order valence-electron chi connectivity index (χ3n) is 6.19. The fourth-order valence-corrected chi connectivity index (χ4v) is 4.82. The topological polar surface area (TPSA) is 12.0 Å². The Morgan fingerprint density at radius 2 is 1.20 bits per heavy atom. The highest BCUT2D eigenvalue weighted by atomic mass is 14.9. The van der Waals surface area contributed by atoms with E-state index in [0.717, 1.165) is 5.92 Å². The van der Waals surface area contributed by atoms with Crippen LogP contribution in [0.25, 0.3) is 11.1 Å². The predicted octanol–water partition coefficient (Wildman–Crippen LogP) is 7.15. The second-order valence-electron chi connectivity index (χ2n) is 7.95. The van der Waals surface area contributed by atoms with Crippen molar-refractivity contribution in [3.63, 3.8) is 0 Å². The van der Waals surface area contributed by atoms with Gasteiger partial charge in [-0.2, -0.15) is 0 Å². The summed E-state index contributed by atoms with van der Waals surface area (Å²) in [6, 6.07) is 18.8. The number of rotatable bonds is 4. The quantitative estimate of drug-likeness (QED) is 0.626. The molecule has 2 aromatic carbocycles. The lowest BCUT2D eigenvalue weighted by molar-refractivity contribution is 0.444. The molecule has 1 N–H and O–H groups in total. The molecular formula is C24H31N. The standard InChI is InChI=1S/C24H31N/c1-3-11-19(12-4-1)21-15-7-8-16-22(21)23-17-9-10-18-24(23)25-20-13-5-2-6-14-20/h7-10,15-20,25H,1-6,11-14H2. The summed E-state index contributed by atoms with van der Waals surface area (Å²) in [5, 5.41) is 3.88. The molecule has 0 spiro atoms. The maximum absolute atomic E-state index is 3.88. The average molecular weight is 334 g/mol. The van der Waals surface area contributed by atoms with Crippen LogP contribution in [0.15, 0.2) is 48.5 Å². The Kier molecular flexibility index (Phi) is 5.40. The zero-order chi connectivity index (χ0) is 16.9. The minimum atomic E-state index is 0.650. The zero-order valence-electron chi connectivity index (χ0n) is 15.3. The molecular weight excluding hydrogens is 302 g/mol. The predicted molar refractivity (Wildman–Crippen MR) is 108 cm³/mol. The summed E-state index contributed by atoms with van der Waals surface area (Å²) in [4.78, 5) is 0. The number of hydrogen-bond donors (Lipinski definition) is 1. The van der Waals surface area contributed by atoms with E-state index in [9.17, 15) is 0 Å². The number of nitrogens with one attached hydrogen (secondary N) is 1. The van der Waals surface area contributed by atoms with E-state index in [-0.39, 0.29) is 0 Å². The second kappa shape index (κ2) is 8.08. The number of benzene rings is 2. The summed E-state index contributed by atoms with van der Waals surface area (Å²) in [7, 11) is 0. The molecule has 0 heterocycles. The molecule has 2 aliphatic rings. The van der Waals surface area contributed by atoms with Crippen LogP contribution in [0.4, 0.5) is 5.69 Å². The van der Waals surface area contributed by atoms with Crippen molar-refractivity contribution >= 4 is 5.69 Å².